The maximum atomic E-state index is 12.6. The number of fused-ring (bicyclic) bond motifs is 1. The molecular weight excluding hydrogens is 262 g/mol. The first-order chi connectivity index (χ1) is 9.09. The van der Waals surface area contributed by atoms with Crippen molar-refractivity contribution in [1.29, 1.82) is 0 Å². The van der Waals surface area contributed by atoms with E-state index in [0.29, 0.717) is 10.9 Å². The van der Waals surface area contributed by atoms with E-state index in [1.165, 1.54) is 17.1 Å². The van der Waals surface area contributed by atoms with Crippen LogP contribution in [0.2, 0.25) is 0 Å². The van der Waals surface area contributed by atoms with Crippen molar-refractivity contribution in [3.05, 3.63) is 48.9 Å². The average Bonchev–Trinajstić information content (AvgIpc) is 2.85. The molecule has 5 nitrogen and oxygen atoms in total. The smallest absolute Gasteiger partial charge is 0.210 e. The first kappa shape index (κ1) is 11.9. The van der Waals surface area contributed by atoms with Gasteiger partial charge in [-0.3, -0.25) is 9.67 Å². The highest BCUT2D eigenvalue weighted by atomic mass is 32.2. The molecule has 0 saturated carbocycles. The van der Waals surface area contributed by atoms with Gasteiger partial charge in [0.25, 0.3) is 0 Å². The van der Waals surface area contributed by atoms with Gasteiger partial charge in [0, 0.05) is 24.8 Å². The van der Waals surface area contributed by atoms with E-state index in [1.54, 1.807) is 43.6 Å². The van der Waals surface area contributed by atoms with Crippen LogP contribution in [0.15, 0.2) is 58.7 Å². The summed E-state index contributed by atoms with van der Waals surface area (Å²) >= 11 is 0. The van der Waals surface area contributed by atoms with Gasteiger partial charge in [-0.25, -0.2) is 8.42 Å². The molecule has 0 atom stereocenters. The Morgan fingerprint density at radius 1 is 1.16 bits per heavy atom. The fourth-order valence-electron chi connectivity index (χ4n) is 1.97. The first-order valence-electron chi connectivity index (χ1n) is 5.66. The Kier molecular flexibility index (Phi) is 2.60. The minimum absolute atomic E-state index is 0.186. The Hall–Kier alpha value is -2.21. The van der Waals surface area contributed by atoms with Crippen LogP contribution < -0.4 is 0 Å². The minimum Gasteiger partial charge on any atom is -0.274 e. The van der Waals surface area contributed by atoms with E-state index in [1.807, 2.05) is 0 Å². The van der Waals surface area contributed by atoms with Crippen LogP contribution in [-0.2, 0) is 16.9 Å². The number of rotatable bonds is 2. The number of hydrogen-bond acceptors (Lipinski definition) is 4. The molecule has 0 N–H and O–H groups in total. The average molecular weight is 273 g/mol. The van der Waals surface area contributed by atoms with Crippen LogP contribution in [0, 0.1) is 0 Å². The van der Waals surface area contributed by atoms with E-state index in [0.717, 1.165) is 0 Å². The Bertz CT molecular complexity index is 848. The number of pyridine rings is 1. The van der Waals surface area contributed by atoms with Gasteiger partial charge in [0.2, 0.25) is 9.84 Å². The summed E-state index contributed by atoms with van der Waals surface area (Å²) in [7, 11) is -1.88. The van der Waals surface area contributed by atoms with Gasteiger partial charge in [-0.05, 0) is 24.3 Å². The molecule has 3 rings (SSSR count). The first-order valence-corrected chi connectivity index (χ1v) is 7.15. The fraction of sp³-hybridized carbons (Fsp3) is 0.0769. The van der Waals surface area contributed by atoms with Gasteiger partial charge in [-0.15, -0.1) is 0 Å². The SMILES string of the molecule is Cn1cc(S(=O)(=O)c2cccc3ncccc23)cn1. The van der Waals surface area contributed by atoms with Crippen molar-refractivity contribution in [2.24, 2.45) is 7.05 Å². The Morgan fingerprint density at radius 2 is 2.00 bits per heavy atom. The molecule has 3 aromatic rings. The van der Waals surface area contributed by atoms with Gasteiger partial charge in [0.05, 0.1) is 16.6 Å². The van der Waals surface area contributed by atoms with E-state index in [2.05, 4.69) is 10.1 Å². The molecule has 0 aliphatic rings. The number of hydrogen-bond donors (Lipinski definition) is 0. The van der Waals surface area contributed by atoms with Crippen molar-refractivity contribution < 1.29 is 8.42 Å². The molecule has 0 saturated heterocycles. The van der Waals surface area contributed by atoms with Crippen molar-refractivity contribution in [3.63, 3.8) is 0 Å². The van der Waals surface area contributed by atoms with E-state index < -0.39 is 9.84 Å². The maximum Gasteiger partial charge on any atom is 0.210 e. The zero-order valence-electron chi connectivity index (χ0n) is 10.2. The summed E-state index contributed by atoms with van der Waals surface area (Å²) in [5.41, 5.74) is 0.660. The quantitative estimate of drug-likeness (QED) is 0.714. The number of benzene rings is 1. The lowest BCUT2D eigenvalue weighted by Crippen LogP contribution is -2.02. The third-order valence-electron chi connectivity index (χ3n) is 2.89. The van der Waals surface area contributed by atoms with Gasteiger partial charge >= 0.3 is 0 Å². The van der Waals surface area contributed by atoms with Crippen LogP contribution in [0.25, 0.3) is 10.9 Å². The van der Waals surface area contributed by atoms with E-state index >= 15 is 0 Å². The lowest BCUT2D eigenvalue weighted by molar-refractivity contribution is 0.596. The second-order valence-electron chi connectivity index (χ2n) is 4.18. The molecule has 0 spiro atoms. The number of sulfone groups is 1. The molecule has 2 heterocycles. The van der Waals surface area contributed by atoms with Gasteiger partial charge in [0.1, 0.15) is 4.90 Å². The van der Waals surface area contributed by atoms with Crippen molar-refractivity contribution >= 4 is 20.7 Å². The molecule has 0 radical (unpaired) electrons. The second kappa shape index (κ2) is 4.17. The monoisotopic (exact) mass is 273 g/mol. The molecule has 6 heteroatoms. The van der Waals surface area contributed by atoms with Crippen LogP contribution in [-0.4, -0.2) is 23.2 Å². The molecule has 0 amide bonds. The summed E-state index contributed by atoms with van der Waals surface area (Å²) < 4.78 is 26.6. The summed E-state index contributed by atoms with van der Waals surface area (Å²) in [6.45, 7) is 0. The normalized spacial score (nSPS) is 11.8. The van der Waals surface area contributed by atoms with Crippen LogP contribution in [0.5, 0.6) is 0 Å². The molecule has 0 aliphatic heterocycles. The fourth-order valence-corrected chi connectivity index (χ4v) is 3.42. The summed E-state index contributed by atoms with van der Waals surface area (Å²) in [6.07, 6.45) is 4.48. The van der Waals surface area contributed by atoms with Crippen molar-refractivity contribution in [1.82, 2.24) is 14.8 Å². The molecule has 0 unspecified atom stereocenters. The van der Waals surface area contributed by atoms with Gasteiger partial charge in [0.15, 0.2) is 0 Å². The highest BCUT2D eigenvalue weighted by molar-refractivity contribution is 7.91. The van der Waals surface area contributed by atoms with Crippen molar-refractivity contribution in [2.45, 2.75) is 9.79 Å². The predicted molar refractivity (Wildman–Crippen MR) is 70.4 cm³/mol. The number of nitrogens with zero attached hydrogens (tertiary/aromatic N) is 3. The van der Waals surface area contributed by atoms with Crippen molar-refractivity contribution in [3.8, 4) is 0 Å². The summed E-state index contributed by atoms with van der Waals surface area (Å²) in [5, 5.41) is 4.53. The van der Waals surface area contributed by atoms with Crippen LogP contribution in [0.4, 0.5) is 0 Å². The lowest BCUT2D eigenvalue weighted by Gasteiger charge is -2.05. The molecule has 0 bridgehead atoms. The second-order valence-corrected chi connectivity index (χ2v) is 6.10. The molecule has 19 heavy (non-hydrogen) atoms. The largest absolute Gasteiger partial charge is 0.274 e. The third-order valence-corrected chi connectivity index (χ3v) is 4.65. The minimum atomic E-state index is -3.57. The molecule has 0 aliphatic carbocycles. The zero-order chi connectivity index (χ0) is 13.5. The predicted octanol–water partition coefficient (Wildman–Crippen LogP) is 1.80. The van der Waals surface area contributed by atoms with Gasteiger partial charge in [-0.1, -0.05) is 6.07 Å². The summed E-state index contributed by atoms with van der Waals surface area (Å²) in [6, 6.07) is 8.55. The van der Waals surface area contributed by atoms with E-state index in [9.17, 15) is 8.42 Å². The molecule has 96 valence electrons. The number of aromatic nitrogens is 3. The van der Waals surface area contributed by atoms with Crippen LogP contribution in [0.3, 0.4) is 0 Å². The highest BCUT2D eigenvalue weighted by Crippen LogP contribution is 2.26. The van der Waals surface area contributed by atoms with Crippen molar-refractivity contribution in [2.75, 3.05) is 0 Å². The standard InChI is InChI=1S/C13H11N3O2S/c1-16-9-10(8-15-16)19(17,18)13-6-2-5-12-11(13)4-3-7-14-12/h2-9H,1H3. The molecule has 1 aromatic carbocycles. The molecule has 0 fully saturated rings. The van der Waals surface area contributed by atoms with E-state index in [4.69, 9.17) is 0 Å². The highest BCUT2D eigenvalue weighted by Gasteiger charge is 2.21. The Balaban J connectivity index is 2.30. The van der Waals surface area contributed by atoms with Gasteiger partial charge in [-0.2, -0.15) is 5.10 Å². The van der Waals surface area contributed by atoms with Crippen LogP contribution >= 0.6 is 0 Å². The number of aryl methyl sites for hydroxylation is 1. The lowest BCUT2D eigenvalue weighted by atomic mass is 10.2. The van der Waals surface area contributed by atoms with Gasteiger partial charge < -0.3 is 0 Å². The van der Waals surface area contributed by atoms with E-state index in [-0.39, 0.29) is 9.79 Å². The Labute approximate surface area is 110 Å². The Morgan fingerprint density at radius 3 is 2.74 bits per heavy atom. The zero-order valence-corrected chi connectivity index (χ0v) is 11.0. The summed E-state index contributed by atoms with van der Waals surface area (Å²) in [5.74, 6) is 0. The third kappa shape index (κ3) is 1.90. The van der Waals surface area contributed by atoms with Crippen LogP contribution in [0.1, 0.15) is 0 Å². The topological polar surface area (TPSA) is 64.8 Å². The maximum absolute atomic E-state index is 12.6. The molecular formula is C13H11N3O2S. The summed E-state index contributed by atoms with van der Waals surface area (Å²) in [4.78, 5) is 4.61. The molecule has 2 aromatic heterocycles.